The fourth-order valence-electron chi connectivity index (χ4n) is 3.04. The van der Waals surface area contributed by atoms with Gasteiger partial charge in [-0.05, 0) is 45.6 Å². The maximum atomic E-state index is 4.73. The maximum Gasteiger partial charge on any atom is 0.106 e. The summed E-state index contributed by atoms with van der Waals surface area (Å²) in [6.07, 6.45) is 6.38. The molecular weight excluding hydrogens is 257 g/mol. The molecule has 2 heterocycles. The van der Waals surface area contributed by atoms with Gasteiger partial charge < -0.3 is 9.88 Å². The Morgan fingerprint density at radius 1 is 1.24 bits per heavy atom. The molecular formula is C12H21Cl2N3. The first-order valence-corrected chi connectivity index (χ1v) is 6.13. The number of hydrogen-bond acceptors (Lipinski definition) is 2. The largest absolute Gasteiger partial charge is 0.328 e. The van der Waals surface area contributed by atoms with Crippen molar-refractivity contribution in [3.05, 3.63) is 17.2 Å². The van der Waals surface area contributed by atoms with E-state index in [-0.39, 0.29) is 24.8 Å². The van der Waals surface area contributed by atoms with Crippen LogP contribution in [-0.4, -0.2) is 22.6 Å². The normalized spacial score (nSPS) is 22.5. The predicted octanol–water partition coefficient (Wildman–Crippen LogP) is 2.45. The first-order valence-electron chi connectivity index (χ1n) is 6.13. The number of hydrogen-bond donors (Lipinski definition) is 1. The Bertz CT molecular complexity index is 370. The van der Waals surface area contributed by atoms with Crippen LogP contribution in [0.3, 0.4) is 0 Å². The van der Waals surface area contributed by atoms with E-state index in [1.54, 1.807) is 0 Å². The van der Waals surface area contributed by atoms with Crippen LogP contribution in [0.1, 0.15) is 42.5 Å². The van der Waals surface area contributed by atoms with Gasteiger partial charge in [-0.15, -0.1) is 24.8 Å². The number of nitrogens with zero attached hydrogens (tertiary/aromatic N) is 2. The van der Waals surface area contributed by atoms with Gasteiger partial charge in [-0.25, -0.2) is 4.98 Å². The van der Waals surface area contributed by atoms with Crippen LogP contribution in [0.4, 0.5) is 0 Å². The molecule has 1 aromatic heterocycles. The predicted molar refractivity (Wildman–Crippen MR) is 74.6 cm³/mol. The average molecular weight is 278 g/mol. The van der Waals surface area contributed by atoms with E-state index < -0.39 is 0 Å². The van der Waals surface area contributed by atoms with E-state index in [1.807, 2.05) is 0 Å². The second-order valence-corrected chi connectivity index (χ2v) is 4.78. The summed E-state index contributed by atoms with van der Waals surface area (Å²) in [5, 5.41) is 3.45. The third kappa shape index (κ3) is 2.61. The molecule has 0 aromatic carbocycles. The van der Waals surface area contributed by atoms with E-state index in [0.29, 0.717) is 6.04 Å². The van der Waals surface area contributed by atoms with Crippen LogP contribution in [0, 0.1) is 6.92 Å². The first-order chi connectivity index (χ1) is 7.36. The molecule has 98 valence electrons. The van der Waals surface area contributed by atoms with Crippen LogP contribution >= 0.6 is 24.8 Å². The molecule has 0 bridgehead atoms. The summed E-state index contributed by atoms with van der Waals surface area (Å²) in [4.78, 5) is 4.73. The van der Waals surface area contributed by atoms with Crippen molar-refractivity contribution >= 4 is 24.8 Å². The van der Waals surface area contributed by atoms with Gasteiger partial charge in [0.2, 0.25) is 0 Å². The van der Waals surface area contributed by atoms with Crippen molar-refractivity contribution in [2.75, 3.05) is 13.1 Å². The molecule has 5 heteroatoms. The number of aryl methyl sites for hydroxylation is 2. The highest BCUT2D eigenvalue weighted by molar-refractivity contribution is 5.85. The molecule has 1 atom stereocenters. The second kappa shape index (κ2) is 6.07. The van der Waals surface area contributed by atoms with Crippen molar-refractivity contribution in [3.8, 4) is 0 Å². The second-order valence-electron chi connectivity index (χ2n) is 4.78. The molecule has 17 heavy (non-hydrogen) atoms. The van der Waals surface area contributed by atoms with Gasteiger partial charge in [0.1, 0.15) is 5.82 Å². The first kappa shape index (κ1) is 14.8. The molecule has 3 nitrogen and oxygen atoms in total. The van der Waals surface area contributed by atoms with Crippen molar-refractivity contribution in [2.45, 2.75) is 45.1 Å². The molecule has 1 aliphatic heterocycles. The highest BCUT2D eigenvalue weighted by Crippen LogP contribution is 2.27. The molecule has 1 unspecified atom stereocenters. The highest BCUT2D eigenvalue weighted by atomic mass is 35.5. The summed E-state index contributed by atoms with van der Waals surface area (Å²) in [6, 6.07) is 0.666. The number of imidazole rings is 1. The minimum absolute atomic E-state index is 0. The highest BCUT2D eigenvalue weighted by Gasteiger charge is 2.24. The summed E-state index contributed by atoms with van der Waals surface area (Å²) < 4.78 is 2.51. The topological polar surface area (TPSA) is 29.9 Å². The van der Waals surface area contributed by atoms with Crippen LogP contribution < -0.4 is 5.32 Å². The van der Waals surface area contributed by atoms with Gasteiger partial charge in [0.25, 0.3) is 0 Å². The SMILES string of the molecule is Cc1nc2c(n1C1CCNC1)CCCC2.Cl.Cl. The van der Waals surface area contributed by atoms with E-state index in [4.69, 9.17) is 4.98 Å². The van der Waals surface area contributed by atoms with Gasteiger partial charge >= 0.3 is 0 Å². The Hall–Kier alpha value is -0.250. The van der Waals surface area contributed by atoms with Crippen LogP contribution in [0.25, 0.3) is 0 Å². The lowest BCUT2D eigenvalue weighted by Crippen LogP contribution is -2.18. The quantitative estimate of drug-likeness (QED) is 0.855. The maximum absolute atomic E-state index is 4.73. The van der Waals surface area contributed by atoms with Crippen molar-refractivity contribution < 1.29 is 0 Å². The Labute approximate surface area is 115 Å². The zero-order valence-electron chi connectivity index (χ0n) is 10.2. The number of aromatic nitrogens is 2. The summed E-state index contributed by atoms with van der Waals surface area (Å²) in [5.41, 5.74) is 2.91. The van der Waals surface area contributed by atoms with Crippen LogP contribution in [-0.2, 0) is 12.8 Å². The van der Waals surface area contributed by atoms with Gasteiger partial charge in [-0.3, -0.25) is 0 Å². The molecule has 0 radical (unpaired) electrons. The molecule has 1 aliphatic carbocycles. The minimum Gasteiger partial charge on any atom is -0.328 e. The fourth-order valence-corrected chi connectivity index (χ4v) is 3.04. The van der Waals surface area contributed by atoms with Crippen molar-refractivity contribution in [2.24, 2.45) is 0 Å². The zero-order chi connectivity index (χ0) is 10.3. The Morgan fingerprint density at radius 3 is 2.71 bits per heavy atom. The standard InChI is InChI=1S/C12H19N3.2ClH/c1-9-14-11-4-2-3-5-12(11)15(9)10-6-7-13-8-10;;/h10,13H,2-8H2,1H3;2*1H. The molecule has 0 saturated carbocycles. The van der Waals surface area contributed by atoms with Gasteiger partial charge in [0.15, 0.2) is 0 Å². The molecule has 1 aromatic rings. The number of rotatable bonds is 1. The number of fused-ring (bicyclic) bond motifs is 1. The summed E-state index contributed by atoms with van der Waals surface area (Å²) in [7, 11) is 0. The smallest absolute Gasteiger partial charge is 0.106 e. The lowest BCUT2D eigenvalue weighted by Gasteiger charge is -2.19. The Morgan fingerprint density at radius 2 is 2.00 bits per heavy atom. The van der Waals surface area contributed by atoms with Crippen molar-refractivity contribution in [1.82, 2.24) is 14.9 Å². The number of halogens is 2. The molecule has 3 rings (SSSR count). The van der Waals surface area contributed by atoms with Crippen molar-refractivity contribution in [1.29, 1.82) is 0 Å². The van der Waals surface area contributed by atoms with E-state index in [0.717, 1.165) is 13.1 Å². The van der Waals surface area contributed by atoms with E-state index in [2.05, 4.69) is 16.8 Å². The van der Waals surface area contributed by atoms with E-state index in [9.17, 15) is 0 Å². The summed E-state index contributed by atoms with van der Waals surface area (Å²) in [5.74, 6) is 1.23. The third-order valence-electron chi connectivity index (χ3n) is 3.75. The summed E-state index contributed by atoms with van der Waals surface area (Å²) in [6.45, 7) is 4.46. The lowest BCUT2D eigenvalue weighted by atomic mass is 10.0. The van der Waals surface area contributed by atoms with Gasteiger partial charge in [0, 0.05) is 18.3 Å². The van der Waals surface area contributed by atoms with Gasteiger partial charge in [0.05, 0.1) is 5.69 Å². The van der Waals surface area contributed by atoms with E-state index in [1.165, 1.54) is 49.3 Å². The fraction of sp³-hybridized carbons (Fsp3) is 0.750. The van der Waals surface area contributed by atoms with Crippen LogP contribution in [0.2, 0.25) is 0 Å². The third-order valence-corrected chi connectivity index (χ3v) is 3.75. The molecule has 1 fully saturated rings. The van der Waals surface area contributed by atoms with Gasteiger partial charge in [-0.1, -0.05) is 0 Å². The molecule has 0 amide bonds. The van der Waals surface area contributed by atoms with Crippen molar-refractivity contribution in [3.63, 3.8) is 0 Å². The monoisotopic (exact) mass is 277 g/mol. The number of nitrogens with one attached hydrogen (secondary N) is 1. The average Bonchev–Trinajstić information content (AvgIpc) is 2.82. The van der Waals surface area contributed by atoms with Crippen LogP contribution in [0.5, 0.6) is 0 Å². The molecule has 2 aliphatic rings. The lowest BCUT2D eigenvalue weighted by molar-refractivity contribution is 0.501. The molecule has 1 N–H and O–H groups in total. The Balaban J connectivity index is 0.000000722. The molecule has 1 saturated heterocycles. The van der Waals surface area contributed by atoms with E-state index >= 15 is 0 Å². The van der Waals surface area contributed by atoms with Gasteiger partial charge in [-0.2, -0.15) is 0 Å². The zero-order valence-corrected chi connectivity index (χ0v) is 11.9. The minimum atomic E-state index is 0. The molecule has 0 spiro atoms. The Kier molecular flexibility index (Phi) is 5.29. The summed E-state index contributed by atoms with van der Waals surface area (Å²) >= 11 is 0. The van der Waals surface area contributed by atoms with Crippen LogP contribution in [0.15, 0.2) is 0 Å².